The number of rotatable bonds is 8. The van der Waals surface area contributed by atoms with Gasteiger partial charge in [0.05, 0.1) is 10.6 Å². The lowest BCUT2D eigenvalue weighted by molar-refractivity contribution is 0.0693. The zero-order chi connectivity index (χ0) is 18.4. The maximum atomic E-state index is 12.3. The number of allylic oxidation sites excluding steroid dienone is 1. The van der Waals surface area contributed by atoms with E-state index >= 15 is 0 Å². The van der Waals surface area contributed by atoms with Gasteiger partial charge in [-0.05, 0) is 36.2 Å². The standard InChI is InChI=1S/C18H18O6S/c1-2-3-13-4-7-15(8-5-13)25(22,23)11-10-24-14-6-9-16(18(20)21)17(19)12-14/h2,4-9,12,19H,1,3,10-11H2,(H,20,21). The van der Waals surface area contributed by atoms with Crippen LogP contribution in [0.2, 0.25) is 0 Å². The number of carboxylic acid groups (broad SMARTS) is 1. The molecule has 0 heterocycles. The van der Waals surface area contributed by atoms with E-state index in [0.717, 1.165) is 11.6 Å². The Balaban J connectivity index is 1.99. The lowest BCUT2D eigenvalue weighted by Gasteiger charge is -2.09. The summed E-state index contributed by atoms with van der Waals surface area (Å²) in [5.41, 5.74) is 0.721. The number of carboxylic acids is 1. The summed E-state index contributed by atoms with van der Waals surface area (Å²) in [6.45, 7) is 3.51. The summed E-state index contributed by atoms with van der Waals surface area (Å²) < 4.78 is 29.8. The number of ether oxygens (including phenoxy) is 1. The van der Waals surface area contributed by atoms with E-state index in [0.29, 0.717) is 6.42 Å². The van der Waals surface area contributed by atoms with Crippen LogP contribution in [0, 0.1) is 0 Å². The Kier molecular flexibility index (Phi) is 5.82. The van der Waals surface area contributed by atoms with Crippen LogP contribution in [0.25, 0.3) is 0 Å². The van der Waals surface area contributed by atoms with Crippen molar-refractivity contribution >= 4 is 15.8 Å². The minimum atomic E-state index is -3.50. The molecule has 0 amide bonds. The van der Waals surface area contributed by atoms with Crippen molar-refractivity contribution in [3.05, 3.63) is 66.2 Å². The fourth-order valence-electron chi connectivity index (χ4n) is 2.17. The molecular weight excluding hydrogens is 344 g/mol. The molecule has 0 bridgehead atoms. The van der Waals surface area contributed by atoms with E-state index in [2.05, 4.69) is 6.58 Å². The van der Waals surface area contributed by atoms with Crippen LogP contribution < -0.4 is 4.74 Å². The van der Waals surface area contributed by atoms with Crippen molar-refractivity contribution in [2.45, 2.75) is 11.3 Å². The second-order valence-corrected chi connectivity index (χ2v) is 7.40. The van der Waals surface area contributed by atoms with E-state index < -0.39 is 21.6 Å². The van der Waals surface area contributed by atoms with Gasteiger partial charge < -0.3 is 14.9 Å². The minimum absolute atomic E-state index is 0.122. The molecule has 0 radical (unpaired) electrons. The average molecular weight is 362 g/mol. The molecule has 0 saturated heterocycles. The number of sulfone groups is 1. The largest absolute Gasteiger partial charge is 0.507 e. The quantitative estimate of drug-likeness (QED) is 0.700. The molecular formula is C18H18O6S. The smallest absolute Gasteiger partial charge is 0.339 e. The van der Waals surface area contributed by atoms with Crippen molar-refractivity contribution in [3.63, 3.8) is 0 Å². The average Bonchev–Trinajstić information content (AvgIpc) is 2.55. The van der Waals surface area contributed by atoms with Crippen LogP contribution in [0.3, 0.4) is 0 Å². The lowest BCUT2D eigenvalue weighted by atomic mass is 10.2. The third-order valence-corrected chi connectivity index (χ3v) is 5.18. The Morgan fingerprint density at radius 1 is 1.16 bits per heavy atom. The highest BCUT2D eigenvalue weighted by Gasteiger charge is 2.15. The van der Waals surface area contributed by atoms with E-state index in [1.807, 2.05) is 0 Å². The van der Waals surface area contributed by atoms with E-state index in [9.17, 15) is 18.3 Å². The first-order chi connectivity index (χ1) is 11.8. The predicted octanol–water partition coefficient (Wildman–Crippen LogP) is 2.67. The summed E-state index contributed by atoms with van der Waals surface area (Å²) in [6, 6.07) is 10.2. The monoisotopic (exact) mass is 362 g/mol. The summed E-state index contributed by atoms with van der Waals surface area (Å²) >= 11 is 0. The van der Waals surface area contributed by atoms with Crippen molar-refractivity contribution in [2.75, 3.05) is 12.4 Å². The molecule has 0 spiro atoms. The van der Waals surface area contributed by atoms with E-state index in [1.165, 1.54) is 12.1 Å². The predicted molar refractivity (Wildman–Crippen MR) is 93.0 cm³/mol. The first kappa shape index (κ1) is 18.5. The number of aromatic hydroxyl groups is 1. The van der Waals surface area contributed by atoms with E-state index in [1.54, 1.807) is 30.3 Å². The summed E-state index contributed by atoms with van der Waals surface area (Å²) in [6.07, 6.45) is 2.40. The van der Waals surface area contributed by atoms with Crippen LogP contribution in [0.5, 0.6) is 11.5 Å². The molecule has 0 aliphatic carbocycles. The number of hydrogen-bond donors (Lipinski definition) is 2. The SMILES string of the molecule is C=CCc1ccc(S(=O)(=O)CCOc2ccc(C(=O)O)c(O)c2)cc1. The Labute approximate surface area is 145 Å². The second-order valence-electron chi connectivity index (χ2n) is 5.29. The molecule has 2 rings (SSSR count). The number of carbonyl (C=O) groups is 1. The molecule has 0 unspecified atom stereocenters. The normalized spacial score (nSPS) is 11.0. The van der Waals surface area contributed by atoms with E-state index in [-0.39, 0.29) is 28.6 Å². The molecule has 25 heavy (non-hydrogen) atoms. The number of aromatic carboxylic acids is 1. The highest BCUT2D eigenvalue weighted by atomic mass is 32.2. The number of benzene rings is 2. The lowest BCUT2D eigenvalue weighted by Crippen LogP contribution is -2.14. The van der Waals surface area contributed by atoms with Gasteiger partial charge in [-0.3, -0.25) is 0 Å². The molecule has 132 valence electrons. The third-order valence-electron chi connectivity index (χ3n) is 3.48. The van der Waals surface area contributed by atoms with Gasteiger partial charge in [0.2, 0.25) is 0 Å². The Morgan fingerprint density at radius 2 is 1.84 bits per heavy atom. The summed E-state index contributed by atoms with van der Waals surface area (Å²) in [5, 5.41) is 18.4. The minimum Gasteiger partial charge on any atom is -0.507 e. The van der Waals surface area contributed by atoms with Crippen LogP contribution in [-0.2, 0) is 16.3 Å². The summed E-state index contributed by atoms with van der Waals surface area (Å²) in [4.78, 5) is 11.0. The van der Waals surface area contributed by atoms with Crippen LogP contribution >= 0.6 is 0 Å². The van der Waals surface area contributed by atoms with Gasteiger partial charge in [0, 0.05) is 6.07 Å². The molecule has 7 heteroatoms. The molecule has 2 aromatic rings. The van der Waals surface area contributed by atoms with Gasteiger partial charge in [-0.1, -0.05) is 18.2 Å². The van der Waals surface area contributed by atoms with Gasteiger partial charge >= 0.3 is 5.97 Å². The Bertz CT molecular complexity index is 869. The maximum absolute atomic E-state index is 12.3. The second kappa shape index (κ2) is 7.85. The molecule has 0 aromatic heterocycles. The fourth-order valence-corrected chi connectivity index (χ4v) is 3.26. The highest BCUT2D eigenvalue weighted by molar-refractivity contribution is 7.91. The molecule has 0 saturated carbocycles. The van der Waals surface area contributed by atoms with Gasteiger partial charge in [0.1, 0.15) is 23.7 Å². The van der Waals surface area contributed by atoms with Gasteiger partial charge in [0.25, 0.3) is 0 Å². The van der Waals surface area contributed by atoms with Gasteiger partial charge in [-0.25, -0.2) is 13.2 Å². The topological polar surface area (TPSA) is 101 Å². The van der Waals surface area contributed by atoms with Crippen molar-refractivity contribution < 1.29 is 28.2 Å². The number of hydrogen-bond acceptors (Lipinski definition) is 5. The number of phenols is 1. The Morgan fingerprint density at radius 3 is 2.40 bits per heavy atom. The highest BCUT2D eigenvalue weighted by Crippen LogP contribution is 2.23. The van der Waals surface area contributed by atoms with Crippen LogP contribution in [-0.4, -0.2) is 37.0 Å². The molecule has 0 atom stereocenters. The van der Waals surface area contributed by atoms with Crippen LogP contribution in [0.15, 0.2) is 60.0 Å². The molecule has 0 fully saturated rings. The molecule has 0 aliphatic rings. The van der Waals surface area contributed by atoms with Crippen LogP contribution in [0.1, 0.15) is 15.9 Å². The molecule has 0 aliphatic heterocycles. The zero-order valence-electron chi connectivity index (χ0n) is 13.4. The van der Waals surface area contributed by atoms with Crippen molar-refractivity contribution in [1.82, 2.24) is 0 Å². The van der Waals surface area contributed by atoms with Crippen LogP contribution in [0.4, 0.5) is 0 Å². The summed E-state index contributed by atoms with van der Waals surface area (Å²) in [7, 11) is -3.50. The fraction of sp³-hybridized carbons (Fsp3) is 0.167. The Hall–Kier alpha value is -2.80. The van der Waals surface area contributed by atoms with Crippen molar-refractivity contribution in [2.24, 2.45) is 0 Å². The first-order valence-corrected chi connectivity index (χ1v) is 9.10. The molecule has 2 aromatic carbocycles. The third kappa shape index (κ3) is 4.84. The van der Waals surface area contributed by atoms with E-state index in [4.69, 9.17) is 9.84 Å². The molecule has 6 nitrogen and oxygen atoms in total. The maximum Gasteiger partial charge on any atom is 0.339 e. The van der Waals surface area contributed by atoms with Crippen molar-refractivity contribution in [1.29, 1.82) is 0 Å². The van der Waals surface area contributed by atoms with Gasteiger partial charge in [-0.15, -0.1) is 6.58 Å². The summed E-state index contributed by atoms with van der Waals surface area (Å²) in [5.74, 6) is -1.74. The first-order valence-electron chi connectivity index (χ1n) is 7.45. The zero-order valence-corrected chi connectivity index (χ0v) is 14.2. The molecule has 2 N–H and O–H groups in total. The van der Waals surface area contributed by atoms with Crippen molar-refractivity contribution in [3.8, 4) is 11.5 Å². The van der Waals surface area contributed by atoms with Gasteiger partial charge in [-0.2, -0.15) is 0 Å². The van der Waals surface area contributed by atoms with Gasteiger partial charge in [0.15, 0.2) is 9.84 Å².